The van der Waals surface area contributed by atoms with Gasteiger partial charge in [0.2, 0.25) is 0 Å². The van der Waals surface area contributed by atoms with E-state index >= 15 is 0 Å². The molecule has 0 fully saturated rings. The third-order valence-corrected chi connectivity index (χ3v) is 5.31. The molecule has 0 saturated carbocycles. The van der Waals surface area contributed by atoms with Crippen molar-refractivity contribution in [3.05, 3.63) is 73.4 Å². The summed E-state index contributed by atoms with van der Waals surface area (Å²) in [5.74, 6) is -2.53. The van der Waals surface area contributed by atoms with Crippen molar-refractivity contribution >= 4 is 46.5 Å². The number of carbonyl (C=O) groups excluding carboxylic acids is 1. The Morgan fingerprint density at radius 3 is 2.48 bits per heavy atom. The molecule has 1 amide bonds. The molecular formula is C20H15Cl2N5O6. The predicted molar refractivity (Wildman–Crippen MR) is 120 cm³/mol. The van der Waals surface area contributed by atoms with Gasteiger partial charge in [0.15, 0.2) is 11.4 Å². The van der Waals surface area contributed by atoms with Gasteiger partial charge in [-0.1, -0.05) is 29.3 Å². The number of hydrazone groups is 1. The lowest BCUT2D eigenvalue weighted by molar-refractivity contribution is -0.385. The topological polar surface area (TPSA) is 160 Å². The van der Waals surface area contributed by atoms with Crippen molar-refractivity contribution < 1.29 is 24.7 Å². The van der Waals surface area contributed by atoms with Crippen molar-refractivity contribution in [2.24, 2.45) is 12.1 Å². The average molecular weight is 492 g/mol. The zero-order valence-electron chi connectivity index (χ0n) is 17.0. The summed E-state index contributed by atoms with van der Waals surface area (Å²) in [6.07, 6.45) is 0. The predicted octanol–water partition coefficient (Wildman–Crippen LogP) is 3.86. The zero-order valence-corrected chi connectivity index (χ0v) is 18.5. The highest BCUT2D eigenvalue weighted by atomic mass is 35.5. The van der Waals surface area contributed by atoms with Crippen LogP contribution in [0.2, 0.25) is 10.0 Å². The van der Waals surface area contributed by atoms with E-state index in [0.29, 0.717) is 16.3 Å². The van der Waals surface area contributed by atoms with Crippen LogP contribution in [0.3, 0.4) is 0 Å². The number of nitrogens with one attached hydrogen (secondary N) is 1. The Bertz CT molecular complexity index is 1330. The maximum Gasteiger partial charge on any atom is 0.342 e. The van der Waals surface area contributed by atoms with E-state index < -0.39 is 28.1 Å². The molecule has 0 radical (unpaired) electrons. The molecule has 0 spiro atoms. The van der Waals surface area contributed by atoms with E-state index in [2.05, 4.69) is 15.6 Å². The molecule has 0 aliphatic rings. The number of amides is 1. The van der Waals surface area contributed by atoms with Gasteiger partial charge in [-0.25, -0.2) is 10.2 Å². The molecule has 13 heteroatoms. The summed E-state index contributed by atoms with van der Waals surface area (Å²) in [5.41, 5.74) is 1.84. The largest absolute Gasteiger partial charge is 0.504 e. The summed E-state index contributed by atoms with van der Waals surface area (Å²) < 4.78 is 1.40. The van der Waals surface area contributed by atoms with E-state index in [4.69, 9.17) is 28.3 Å². The number of carboxylic acid groups (broad SMARTS) is 1. The van der Waals surface area contributed by atoms with Crippen LogP contribution >= 0.6 is 23.2 Å². The molecule has 3 rings (SSSR count). The smallest absolute Gasteiger partial charge is 0.342 e. The van der Waals surface area contributed by atoms with Crippen molar-refractivity contribution in [2.75, 3.05) is 0 Å². The highest BCUT2D eigenvalue weighted by Crippen LogP contribution is 2.35. The fourth-order valence-electron chi connectivity index (χ4n) is 2.98. The molecule has 0 saturated heterocycles. The lowest BCUT2D eigenvalue weighted by Gasteiger charge is -2.05. The van der Waals surface area contributed by atoms with E-state index in [9.17, 15) is 24.8 Å². The number of carboxylic acids is 1. The normalized spacial score (nSPS) is 11.3. The first-order chi connectivity index (χ1) is 15.5. The molecule has 1 heterocycles. The molecule has 33 heavy (non-hydrogen) atoms. The number of hydrogen-bond acceptors (Lipinski definition) is 7. The molecule has 0 atom stereocenters. The Balaban J connectivity index is 1.88. The Kier molecular flexibility index (Phi) is 6.65. The van der Waals surface area contributed by atoms with Crippen molar-refractivity contribution in [3.63, 3.8) is 0 Å². The van der Waals surface area contributed by atoms with Crippen molar-refractivity contribution in [1.82, 2.24) is 15.2 Å². The summed E-state index contributed by atoms with van der Waals surface area (Å²) in [4.78, 5) is 33.7. The second kappa shape index (κ2) is 9.27. The second-order valence-electron chi connectivity index (χ2n) is 6.73. The van der Waals surface area contributed by atoms with Gasteiger partial charge < -0.3 is 10.2 Å². The van der Waals surface area contributed by atoms with Crippen LogP contribution < -0.4 is 5.43 Å². The van der Waals surface area contributed by atoms with Gasteiger partial charge in [0.1, 0.15) is 11.3 Å². The molecular weight excluding hydrogens is 477 g/mol. The number of hydrogen-bond donors (Lipinski definition) is 3. The Hall–Kier alpha value is -3.96. The first-order valence-electron chi connectivity index (χ1n) is 9.09. The number of nitro benzene ring substituents is 1. The third kappa shape index (κ3) is 4.78. The number of aromatic hydroxyl groups is 1. The van der Waals surface area contributed by atoms with Crippen LogP contribution in [-0.2, 0) is 7.05 Å². The van der Waals surface area contributed by atoms with E-state index in [1.807, 2.05) is 0 Å². The molecule has 0 unspecified atom stereocenters. The van der Waals surface area contributed by atoms with Crippen molar-refractivity contribution in [3.8, 4) is 17.0 Å². The molecule has 0 aliphatic heterocycles. The van der Waals surface area contributed by atoms with Crippen molar-refractivity contribution in [1.29, 1.82) is 0 Å². The van der Waals surface area contributed by atoms with E-state index in [0.717, 1.165) is 18.2 Å². The van der Waals surface area contributed by atoms with Gasteiger partial charge in [0, 0.05) is 24.2 Å². The minimum atomic E-state index is -1.49. The quantitative estimate of drug-likeness (QED) is 0.268. The minimum Gasteiger partial charge on any atom is -0.504 e. The summed E-state index contributed by atoms with van der Waals surface area (Å²) in [7, 11) is 1.59. The van der Waals surface area contributed by atoms with Gasteiger partial charge in [-0.05, 0) is 31.2 Å². The summed E-state index contributed by atoms with van der Waals surface area (Å²) in [6.45, 7) is 1.48. The van der Waals surface area contributed by atoms with Crippen LogP contribution in [-0.4, -0.2) is 42.5 Å². The Morgan fingerprint density at radius 1 is 1.18 bits per heavy atom. The highest BCUT2D eigenvalue weighted by molar-refractivity contribution is 6.42. The number of aromatic nitrogens is 2. The first-order valence-corrected chi connectivity index (χ1v) is 9.85. The molecule has 1 aromatic heterocycles. The maximum atomic E-state index is 12.4. The fraction of sp³-hybridized carbons (Fsp3) is 0.100. The van der Waals surface area contributed by atoms with Crippen LogP contribution in [0, 0.1) is 10.1 Å². The lowest BCUT2D eigenvalue weighted by atomic mass is 10.1. The molecule has 3 aromatic rings. The second-order valence-corrected chi connectivity index (χ2v) is 7.55. The van der Waals surface area contributed by atoms with Gasteiger partial charge in [0.05, 0.1) is 20.7 Å². The number of rotatable bonds is 6. The van der Waals surface area contributed by atoms with Gasteiger partial charge in [-0.15, -0.1) is 0 Å². The number of carbonyl (C=O) groups is 2. The number of nitro groups is 1. The monoisotopic (exact) mass is 491 g/mol. The summed E-state index contributed by atoms with van der Waals surface area (Å²) >= 11 is 12.0. The maximum absolute atomic E-state index is 12.4. The molecule has 170 valence electrons. The number of aromatic carboxylic acids is 1. The fourth-order valence-corrected chi connectivity index (χ4v) is 3.28. The molecule has 0 aliphatic carbocycles. The average Bonchev–Trinajstić information content (AvgIpc) is 3.07. The highest BCUT2D eigenvalue weighted by Gasteiger charge is 2.23. The molecule has 2 aromatic carbocycles. The number of halogens is 2. The molecule has 3 N–H and O–H groups in total. The van der Waals surface area contributed by atoms with E-state index in [1.165, 1.54) is 11.6 Å². The number of nitrogens with zero attached hydrogens (tertiary/aromatic N) is 4. The van der Waals surface area contributed by atoms with Crippen LogP contribution in [0.5, 0.6) is 5.75 Å². The van der Waals surface area contributed by atoms with Crippen LogP contribution in [0.1, 0.15) is 33.3 Å². The van der Waals surface area contributed by atoms with Gasteiger partial charge in [-0.3, -0.25) is 19.6 Å². The minimum absolute atomic E-state index is 0.0751. The van der Waals surface area contributed by atoms with E-state index in [-0.39, 0.29) is 27.7 Å². The van der Waals surface area contributed by atoms with Crippen molar-refractivity contribution in [2.45, 2.75) is 6.92 Å². The Labute approximate surface area is 196 Å². The van der Waals surface area contributed by atoms with Crippen LogP contribution in [0.15, 0.2) is 41.5 Å². The van der Waals surface area contributed by atoms with Gasteiger partial charge in [-0.2, -0.15) is 10.2 Å². The number of aryl methyl sites for hydroxylation is 1. The van der Waals surface area contributed by atoms with E-state index in [1.54, 1.807) is 25.2 Å². The van der Waals surface area contributed by atoms with Gasteiger partial charge in [0.25, 0.3) is 11.6 Å². The van der Waals surface area contributed by atoms with Crippen LogP contribution in [0.25, 0.3) is 11.3 Å². The van der Waals surface area contributed by atoms with Gasteiger partial charge >= 0.3 is 5.97 Å². The Morgan fingerprint density at radius 2 is 1.88 bits per heavy atom. The SMILES string of the molecule is C/C(=N\NC(=O)c1ccc(C(=O)O)c([N+](=O)[O-])c1)c1nn(C)c(-c2ccc(Cl)c(Cl)c2)c1O. The summed E-state index contributed by atoms with van der Waals surface area (Å²) in [6, 6.07) is 7.70. The first kappa shape index (κ1) is 23.7. The van der Waals surface area contributed by atoms with Crippen LogP contribution in [0.4, 0.5) is 5.69 Å². The lowest BCUT2D eigenvalue weighted by Crippen LogP contribution is -2.20. The summed E-state index contributed by atoms with van der Waals surface area (Å²) in [5, 5.41) is 39.6. The molecule has 11 nitrogen and oxygen atoms in total. The third-order valence-electron chi connectivity index (χ3n) is 4.57. The number of benzene rings is 2. The molecule has 0 bridgehead atoms. The standard InChI is InChI=1S/C20H15Cl2N5O6/c1-9(16-18(28)17(26(2)25-16)10-4-6-13(21)14(22)7-10)23-24-19(29)11-3-5-12(20(30)31)15(8-11)27(32)33/h3-8,28H,1-2H3,(H,24,29)(H,30,31)/b23-9+. The zero-order chi connectivity index (χ0) is 24.4.